The summed E-state index contributed by atoms with van der Waals surface area (Å²) in [5.41, 5.74) is 7.61. The average Bonchev–Trinajstić information content (AvgIpc) is 3.64. The van der Waals surface area contributed by atoms with Crippen LogP contribution >= 0.6 is 22.9 Å². The van der Waals surface area contributed by atoms with Gasteiger partial charge in [0.15, 0.2) is 0 Å². The molecule has 3 aromatic rings. The first-order valence-electron chi connectivity index (χ1n) is 19.5. The number of nitrogens with one attached hydrogen (secondary N) is 5. The lowest BCUT2D eigenvalue weighted by Crippen LogP contribution is -2.55. The maximum atomic E-state index is 13.8. The molecule has 7 rings (SSSR count). The second-order valence-corrected chi connectivity index (χ2v) is 16.6. The van der Waals surface area contributed by atoms with Crippen LogP contribution in [0.5, 0.6) is 0 Å². The largest absolute Gasteiger partial charge is 0.340 e. The van der Waals surface area contributed by atoms with Crippen molar-refractivity contribution in [3.8, 4) is 0 Å². The van der Waals surface area contributed by atoms with Crippen LogP contribution in [0.2, 0.25) is 5.02 Å². The zero-order chi connectivity index (χ0) is 42.1. The molecule has 2 atom stereocenters. The van der Waals surface area contributed by atoms with Crippen LogP contribution in [0.4, 0.5) is 10.7 Å². The Morgan fingerprint density at radius 2 is 1.71 bits per heavy atom. The summed E-state index contributed by atoms with van der Waals surface area (Å²) >= 11 is 7.70. The molecule has 0 radical (unpaired) electrons. The molecule has 4 aliphatic rings. The minimum atomic E-state index is -0.847. The zero-order valence-corrected chi connectivity index (χ0v) is 34.5. The fourth-order valence-corrected chi connectivity index (χ4v) is 9.16. The lowest BCUT2D eigenvalue weighted by atomic mass is 9.99. The molecule has 308 valence electrons. The second kappa shape index (κ2) is 17.2. The Bertz CT molecular complexity index is 2300. The Labute approximate surface area is 349 Å². The van der Waals surface area contributed by atoms with Gasteiger partial charge in [0.1, 0.15) is 28.8 Å². The minimum Gasteiger partial charge on any atom is -0.340 e. The minimum absolute atomic E-state index is 0.0519. The molecule has 2 fully saturated rings. The highest BCUT2D eigenvalue weighted by Gasteiger charge is 2.40. The highest BCUT2D eigenvalue weighted by atomic mass is 35.5. The van der Waals surface area contributed by atoms with Crippen molar-refractivity contribution in [2.24, 2.45) is 4.99 Å². The van der Waals surface area contributed by atoms with Crippen LogP contribution in [-0.2, 0) is 30.5 Å². The number of amides is 6. The molecule has 2 aromatic carbocycles. The van der Waals surface area contributed by atoms with Gasteiger partial charge in [-0.1, -0.05) is 29.8 Å². The topological polar surface area (TPSA) is 212 Å². The molecule has 5 heterocycles. The number of carbonyl (C=O) groups excluding carboxylic acids is 6. The number of amidine groups is 2. The summed E-state index contributed by atoms with van der Waals surface area (Å²) in [6.07, 6.45) is 0.734. The van der Waals surface area contributed by atoms with Crippen LogP contribution in [0.25, 0.3) is 0 Å². The highest BCUT2D eigenvalue weighted by molar-refractivity contribution is 7.17. The number of hydrogen-bond donors (Lipinski definition) is 5. The Balaban J connectivity index is 0.899. The molecule has 18 heteroatoms. The van der Waals surface area contributed by atoms with E-state index in [0.29, 0.717) is 53.7 Å². The maximum Gasteiger partial charge on any atom is 0.255 e. The maximum absolute atomic E-state index is 13.8. The van der Waals surface area contributed by atoms with E-state index < -0.39 is 18.0 Å². The number of aryl methyl sites for hydroxylation is 1. The lowest BCUT2D eigenvalue weighted by Gasteiger charge is -2.35. The van der Waals surface area contributed by atoms with Crippen molar-refractivity contribution < 1.29 is 28.8 Å². The Morgan fingerprint density at radius 1 is 1.00 bits per heavy atom. The Morgan fingerprint density at radius 3 is 2.41 bits per heavy atom. The first kappa shape index (κ1) is 41.4. The van der Waals surface area contributed by atoms with E-state index in [2.05, 4.69) is 16.1 Å². The van der Waals surface area contributed by atoms with Gasteiger partial charge in [-0.05, 0) is 63.4 Å². The van der Waals surface area contributed by atoms with Crippen LogP contribution in [0.15, 0.2) is 47.5 Å². The zero-order valence-electron chi connectivity index (χ0n) is 32.9. The van der Waals surface area contributed by atoms with E-state index in [1.807, 2.05) is 26.0 Å². The predicted molar refractivity (Wildman–Crippen MR) is 224 cm³/mol. The van der Waals surface area contributed by atoms with Crippen LogP contribution in [-0.4, -0.2) is 106 Å². The van der Waals surface area contributed by atoms with Gasteiger partial charge in [0.05, 0.1) is 12.1 Å². The van der Waals surface area contributed by atoms with Gasteiger partial charge in [-0.2, -0.15) is 0 Å². The van der Waals surface area contributed by atoms with Crippen molar-refractivity contribution in [2.45, 2.75) is 77.9 Å². The number of fused-ring (bicyclic) bond motifs is 2. The van der Waals surface area contributed by atoms with Crippen LogP contribution in [0.1, 0.15) is 82.9 Å². The predicted octanol–water partition coefficient (Wildman–Crippen LogP) is 4.15. The molecule has 0 spiro atoms. The summed E-state index contributed by atoms with van der Waals surface area (Å²) in [6.45, 7) is 7.21. The average molecular weight is 841 g/mol. The number of imide groups is 1. The van der Waals surface area contributed by atoms with E-state index in [4.69, 9.17) is 22.0 Å². The van der Waals surface area contributed by atoms with Gasteiger partial charge >= 0.3 is 0 Å². The number of nitrogens with zero attached hydrogens (tertiary/aromatic N) is 5. The van der Waals surface area contributed by atoms with Crippen LogP contribution in [0, 0.1) is 24.7 Å². The molecule has 6 amide bonds. The molecule has 2 saturated heterocycles. The molecule has 16 nitrogen and oxygen atoms in total. The fraction of sp³-hybridized carbons (Fsp3) is 0.390. The van der Waals surface area contributed by atoms with Gasteiger partial charge in [-0.25, -0.2) is 5.01 Å². The number of benzene rings is 2. The third kappa shape index (κ3) is 8.67. The summed E-state index contributed by atoms with van der Waals surface area (Å²) in [7, 11) is 0. The van der Waals surface area contributed by atoms with Gasteiger partial charge in [-0.15, -0.1) is 11.3 Å². The number of halogens is 1. The van der Waals surface area contributed by atoms with Crippen LogP contribution in [0.3, 0.4) is 0 Å². The molecule has 4 aliphatic heterocycles. The van der Waals surface area contributed by atoms with E-state index in [1.54, 1.807) is 52.1 Å². The number of piperazine rings is 1. The smallest absolute Gasteiger partial charge is 0.255 e. The number of rotatable bonds is 10. The molecule has 1 unspecified atom stereocenters. The summed E-state index contributed by atoms with van der Waals surface area (Å²) in [5.74, 6) is -1.78. The molecular weight excluding hydrogens is 796 g/mol. The Hall–Kier alpha value is -5.78. The molecule has 0 saturated carbocycles. The number of thiophene rings is 1. The van der Waals surface area contributed by atoms with Crippen molar-refractivity contribution in [1.82, 2.24) is 25.6 Å². The van der Waals surface area contributed by atoms with Crippen molar-refractivity contribution in [2.75, 3.05) is 36.4 Å². The number of carbonyl (C=O) groups is 6. The van der Waals surface area contributed by atoms with Crippen molar-refractivity contribution in [3.05, 3.63) is 80.2 Å². The summed E-state index contributed by atoms with van der Waals surface area (Å²) < 4.78 is 0. The fourth-order valence-electron chi connectivity index (χ4n) is 7.81. The second-order valence-electron chi connectivity index (χ2n) is 15.0. The normalized spacial score (nSPS) is 19.5. The quantitative estimate of drug-likeness (QED) is 0.113. The number of anilines is 2. The Kier molecular flexibility index (Phi) is 12.1. The third-order valence-corrected chi connectivity index (χ3v) is 12.5. The van der Waals surface area contributed by atoms with Crippen LogP contribution < -0.4 is 21.0 Å². The monoisotopic (exact) mass is 840 g/mol. The molecular formula is C41H45ClN10O6S. The van der Waals surface area contributed by atoms with Gasteiger partial charge in [-0.3, -0.25) is 60.2 Å². The van der Waals surface area contributed by atoms with Gasteiger partial charge in [0, 0.05) is 89.8 Å². The van der Waals surface area contributed by atoms with E-state index in [1.165, 1.54) is 16.2 Å². The molecule has 59 heavy (non-hydrogen) atoms. The van der Waals surface area contributed by atoms with E-state index in [9.17, 15) is 34.2 Å². The molecule has 0 aliphatic carbocycles. The van der Waals surface area contributed by atoms with Gasteiger partial charge < -0.3 is 15.1 Å². The molecule has 5 N–H and O–H groups in total. The van der Waals surface area contributed by atoms with Gasteiger partial charge in [0.25, 0.3) is 5.91 Å². The van der Waals surface area contributed by atoms with E-state index in [-0.39, 0.29) is 86.3 Å². The summed E-state index contributed by atoms with van der Waals surface area (Å²) in [6, 6.07) is 10.7. The number of piperidine rings is 1. The summed E-state index contributed by atoms with van der Waals surface area (Å²) in [5, 5.41) is 26.0. The third-order valence-electron chi connectivity index (χ3n) is 11.0. The highest BCUT2D eigenvalue weighted by Crippen LogP contribution is 2.40. The molecule has 1 aromatic heterocycles. The van der Waals surface area contributed by atoms with Crippen molar-refractivity contribution >= 4 is 86.5 Å². The SMILES string of the molecule is CC(=N)N1C(=N)[C@H](CC(=O)N2CCN(NC(=O)CCCC(=O)Nc3cccc4c3CN(C3CCC(=O)NC3=O)C4=O)CC2)N=C(c2ccc(Cl)cc2)c2c1sc(C)c2C. The first-order valence-corrected chi connectivity index (χ1v) is 20.7. The molecule has 0 bridgehead atoms. The number of aliphatic imine (C=N–C) groups is 1. The van der Waals surface area contributed by atoms with Crippen molar-refractivity contribution in [1.29, 1.82) is 10.8 Å². The summed E-state index contributed by atoms with van der Waals surface area (Å²) in [4.78, 5) is 87.5. The first-order chi connectivity index (χ1) is 28.2. The van der Waals surface area contributed by atoms with Crippen molar-refractivity contribution in [3.63, 3.8) is 0 Å². The standard InChI is InChI=1S/C41H45ClN10O6S/c1-22-23(2)59-41-36(22)37(25-10-12-26(42)13-11-25)46-30(38(44)52(41)24(3)43)20-35(56)49-16-18-50(19-17-49)48-34(55)9-5-8-32(53)45-29-7-4-6-27-28(29)21-51(40(27)58)31-14-15-33(54)47-39(31)57/h4,6-7,10-13,30-31,43-44H,5,8-9,14-21H2,1-3H3,(H,45,53)(H,48,55)(H,47,54,57)/t30-,31?/m0/s1. The van der Waals surface area contributed by atoms with E-state index >= 15 is 0 Å². The lowest BCUT2D eigenvalue weighted by molar-refractivity contribution is -0.137. The number of hydrazine groups is 1. The van der Waals surface area contributed by atoms with E-state index in [0.717, 1.165) is 26.6 Å². The van der Waals surface area contributed by atoms with Gasteiger partial charge in [0.2, 0.25) is 29.5 Å². The number of hydrogen-bond acceptors (Lipinski definition) is 11.